The van der Waals surface area contributed by atoms with Crippen LogP contribution in [0.1, 0.15) is 65.9 Å². The molecule has 2 amide bonds. The number of carbonyl (C=O) groups excluding carboxylic acids is 2. The number of hydrogen-bond donors (Lipinski definition) is 1. The van der Waals surface area contributed by atoms with Crippen LogP contribution in [0.3, 0.4) is 0 Å². The van der Waals surface area contributed by atoms with E-state index in [1.165, 1.54) is 12.8 Å². The Morgan fingerprint density at radius 1 is 0.973 bits per heavy atom. The van der Waals surface area contributed by atoms with Crippen LogP contribution in [0.5, 0.6) is 0 Å². The molecule has 37 heavy (non-hydrogen) atoms. The average molecular weight is 539 g/mol. The number of carbonyl (C=O) groups is 2. The lowest BCUT2D eigenvalue weighted by Crippen LogP contribution is -2.42. The van der Waals surface area contributed by atoms with Crippen molar-refractivity contribution in [2.45, 2.75) is 51.1 Å². The standard InChI is InChI=1S/C29H34N4O2S.ClH/c1-29(2,31-26(34)21-9-4-3-5-10-21)25-20-36-27(30-25)22-12-14-23(15-13-22)28(35)33-18-8-11-24(33)19-32-16-6-7-17-32;/h3-5,9-10,12-15,20,24H,6-8,11,16-19H2,1-2H3,(H,31,34);1H/t24-;/m0./s1. The van der Waals surface area contributed by atoms with Crippen molar-refractivity contribution in [1.82, 2.24) is 20.1 Å². The van der Waals surface area contributed by atoms with Crippen LogP contribution >= 0.6 is 23.7 Å². The van der Waals surface area contributed by atoms with E-state index in [2.05, 4.69) is 15.1 Å². The molecule has 3 heterocycles. The Balaban J connectivity index is 0.00000320. The van der Waals surface area contributed by atoms with E-state index in [-0.39, 0.29) is 24.2 Å². The van der Waals surface area contributed by atoms with Gasteiger partial charge in [0.1, 0.15) is 5.01 Å². The first-order valence-corrected chi connectivity index (χ1v) is 13.8. The molecule has 5 rings (SSSR count). The van der Waals surface area contributed by atoms with Crippen LogP contribution < -0.4 is 5.32 Å². The maximum atomic E-state index is 13.3. The van der Waals surface area contributed by atoms with Crippen molar-refractivity contribution >= 4 is 35.6 Å². The molecule has 8 heteroatoms. The molecule has 1 aromatic heterocycles. The molecule has 2 fully saturated rings. The molecule has 0 radical (unpaired) electrons. The van der Waals surface area contributed by atoms with E-state index in [0.29, 0.717) is 11.6 Å². The highest BCUT2D eigenvalue weighted by molar-refractivity contribution is 7.13. The molecular formula is C29H35ClN4O2S. The maximum Gasteiger partial charge on any atom is 0.254 e. The number of nitrogens with one attached hydrogen (secondary N) is 1. The van der Waals surface area contributed by atoms with Gasteiger partial charge in [-0.25, -0.2) is 4.98 Å². The molecule has 0 aliphatic carbocycles. The lowest BCUT2D eigenvalue weighted by molar-refractivity contribution is 0.0708. The summed E-state index contributed by atoms with van der Waals surface area (Å²) in [5.41, 5.74) is 2.54. The van der Waals surface area contributed by atoms with Crippen LogP contribution in [0.2, 0.25) is 0 Å². The number of nitrogens with zero attached hydrogens (tertiary/aromatic N) is 3. The molecule has 0 bridgehead atoms. The summed E-state index contributed by atoms with van der Waals surface area (Å²) in [5.74, 6) is 0.01000. The van der Waals surface area contributed by atoms with Crippen LogP contribution in [-0.2, 0) is 5.54 Å². The molecule has 196 valence electrons. The van der Waals surface area contributed by atoms with Gasteiger partial charge in [0, 0.05) is 41.2 Å². The molecule has 0 unspecified atom stereocenters. The Labute approximate surface area is 229 Å². The summed E-state index contributed by atoms with van der Waals surface area (Å²) in [6.07, 6.45) is 4.73. The largest absolute Gasteiger partial charge is 0.341 e. The maximum absolute atomic E-state index is 13.3. The predicted molar refractivity (Wildman–Crippen MR) is 151 cm³/mol. The molecule has 2 aromatic carbocycles. The summed E-state index contributed by atoms with van der Waals surface area (Å²) in [6.45, 7) is 8.10. The van der Waals surface area contributed by atoms with E-state index in [4.69, 9.17) is 4.98 Å². The molecule has 0 spiro atoms. The van der Waals surface area contributed by atoms with Crippen molar-refractivity contribution < 1.29 is 9.59 Å². The zero-order chi connectivity index (χ0) is 25.1. The molecule has 2 aliphatic heterocycles. The lowest BCUT2D eigenvalue weighted by Gasteiger charge is -2.28. The Kier molecular flexibility index (Phi) is 8.67. The minimum atomic E-state index is -0.613. The average Bonchev–Trinajstić information content (AvgIpc) is 3.67. The number of amides is 2. The lowest BCUT2D eigenvalue weighted by atomic mass is 10.0. The zero-order valence-corrected chi connectivity index (χ0v) is 23.1. The van der Waals surface area contributed by atoms with Gasteiger partial charge < -0.3 is 15.1 Å². The number of benzene rings is 2. The number of aromatic nitrogens is 1. The van der Waals surface area contributed by atoms with Crippen molar-refractivity contribution in [2.75, 3.05) is 26.2 Å². The highest BCUT2D eigenvalue weighted by Gasteiger charge is 2.31. The fourth-order valence-corrected chi connectivity index (χ4v) is 6.17. The Morgan fingerprint density at radius 3 is 2.38 bits per heavy atom. The third kappa shape index (κ3) is 6.22. The predicted octanol–water partition coefficient (Wildman–Crippen LogP) is 5.60. The summed E-state index contributed by atoms with van der Waals surface area (Å²) in [6, 6.07) is 17.3. The van der Waals surface area contributed by atoms with Crippen molar-refractivity contribution in [1.29, 1.82) is 0 Å². The second kappa shape index (κ2) is 11.8. The van der Waals surface area contributed by atoms with E-state index in [0.717, 1.165) is 60.8 Å². The van der Waals surface area contributed by atoms with Gasteiger partial charge in [0.2, 0.25) is 0 Å². The number of hydrogen-bond acceptors (Lipinski definition) is 5. The number of rotatable bonds is 7. The van der Waals surface area contributed by atoms with Crippen LogP contribution in [-0.4, -0.2) is 58.8 Å². The summed E-state index contributed by atoms with van der Waals surface area (Å²) < 4.78 is 0. The van der Waals surface area contributed by atoms with Gasteiger partial charge in [0.15, 0.2) is 0 Å². The molecule has 6 nitrogen and oxygen atoms in total. The number of thiazole rings is 1. The van der Waals surface area contributed by atoms with Crippen LogP contribution in [0.4, 0.5) is 0 Å². The third-order valence-corrected chi connectivity index (χ3v) is 8.18. The van der Waals surface area contributed by atoms with E-state index in [1.807, 2.05) is 61.7 Å². The van der Waals surface area contributed by atoms with Gasteiger partial charge in [-0.1, -0.05) is 30.3 Å². The van der Waals surface area contributed by atoms with Crippen molar-refractivity contribution in [3.63, 3.8) is 0 Å². The number of likely N-dealkylation sites (tertiary alicyclic amines) is 2. The first kappa shape index (κ1) is 27.3. The zero-order valence-electron chi connectivity index (χ0n) is 21.5. The van der Waals surface area contributed by atoms with Crippen LogP contribution in [0.25, 0.3) is 10.6 Å². The summed E-state index contributed by atoms with van der Waals surface area (Å²) in [4.78, 5) is 35.4. The molecular weight excluding hydrogens is 504 g/mol. The molecule has 0 saturated carbocycles. The van der Waals surface area contributed by atoms with Crippen molar-refractivity contribution in [3.05, 3.63) is 76.8 Å². The molecule has 1 atom stereocenters. The van der Waals surface area contributed by atoms with Crippen molar-refractivity contribution in [2.24, 2.45) is 0 Å². The smallest absolute Gasteiger partial charge is 0.254 e. The Morgan fingerprint density at radius 2 is 1.68 bits per heavy atom. The monoisotopic (exact) mass is 538 g/mol. The summed E-state index contributed by atoms with van der Waals surface area (Å²) >= 11 is 1.55. The molecule has 1 N–H and O–H groups in total. The third-order valence-electron chi connectivity index (χ3n) is 7.29. The first-order valence-electron chi connectivity index (χ1n) is 12.9. The van der Waals surface area contributed by atoms with Gasteiger partial charge in [0.05, 0.1) is 11.2 Å². The van der Waals surface area contributed by atoms with E-state index >= 15 is 0 Å². The van der Waals surface area contributed by atoms with Gasteiger partial charge in [-0.2, -0.15) is 0 Å². The van der Waals surface area contributed by atoms with Gasteiger partial charge in [-0.3, -0.25) is 9.59 Å². The minimum absolute atomic E-state index is 0. The molecule has 2 aliphatic rings. The second-order valence-corrected chi connectivity index (χ2v) is 11.2. The first-order chi connectivity index (χ1) is 17.4. The van der Waals surface area contributed by atoms with Gasteiger partial charge in [-0.05, 0) is 76.9 Å². The Bertz CT molecular complexity index is 1210. The fraction of sp³-hybridized carbons (Fsp3) is 0.414. The van der Waals surface area contributed by atoms with Gasteiger partial charge in [-0.15, -0.1) is 23.7 Å². The van der Waals surface area contributed by atoms with Gasteiger partial charge in [0.25, 0.3) is 11.8 Å². The topological polar surface area (TPSA) is 65.5 Å². The normalized spacial score (nSPS) is 18.0. The van der Waals surface area contributed by atoms with E-state index < -0.39 is 5.54 Å². The summed E-state index contributed by atoms with van der Waals surface area (Å²) in [7, 11) is 0. The minimum Gasteiger partial charge on any atom is -0.341 e. The highest BCUT2D eigenvalue weighted by Crippen LogP contribution is 2.30. The SMILES string of the molecule is CC(C)(NC(=O)c1ccccc1)c1csc(-c2ccc(C(=O)N3CCC[C@H]3CN3CCCC3)cc2)n1.Cl. The number of halogens is 1. The quantitative estimate of drug-likeness (QED) is 0.425. The molecule has 2 saturated heterocycles. The van der Waals surface area contributed by atoms with E-state index in [9.17, 15) is 9.59 Å². The van der Waals surface area contributed by atoms with Crippen LogP contribution in [0.15, 0.2) is 60.0 Å². The van der Waals surface area contributed by atoms with Gasteiger partial charge >= 0.3 is 0 Å². The summed E-state index contributed by atoms with van der Waals surface area (Å²) in [5, 5.41) is 5.96. The molecule has 3 aromatic rings. The Hall–Kier alpha value is -2.74. The van der Waals surface area contributed by atoms with E-state index in [1.54, 1.807) is 23.5 Å². The fourth-order valence-electron chi connectivity index (χ4n) is 5.18. The second-order valence-electron chi connectivity index (χ2n) is 10.4. The van der Waals surface area contributed by atoms with Crippen LogP contribution in [0, 0.1) is 0 Å². The van der Waals surface area contributed by atoms with Crippen molar-refractivity contribution in [3.8, 4) is 10.6 Å². The highest BCUT2D eigenvalue weighted by atomic mass is 35.5.